The highest BCUT2D eigenvalue weighted by Crippen LogP contribution is 2.45. The van der Waals surface area contributed by atoms with Crippen LogP contribution in [0.4, 0.5) is 10.1 Å². The fraction of sp³-hybridized carbons (Fsp3) is 0.550. The molecule has 2 rings (SSSR count). The molecule has 7 nitrogen and oxygen atoms in total. The molecule has 0 bridgehead atoms. The topological polar surface area (TPSA) is 114 Å². The largest absolute Gasteiger partial charge is 0.392 e. The number of aliphatic hydroxyl groups excluding tert-OH is 1. The number of halogens is 1. The third-order valence-electron chi connectivity index (χ3n) is 4.63. The highest BCUT2D eigenvalue weighted by Gasteiger charge is 2.28. The molecule has 0 heterocycles. The van der Waals surface area contributed by atoms with Crippen LogP contribution < -0.4 is 16.1 Å². The Morgan fingerprint density at radius 3 is 2.79 bits per heavy atom. The Balaban J connectivity index is 1.98. The number of carbonyl (C=O) groups is 1. The van der Waals surface area contributed by atoms with Crippen molar-refractivity contribution in [2.24, 2.45) is 11.7 Å². The summed E-state index contributed by atoms with van der Waals surface area (Å²) in [6.45, 7) is 3.90. The number of allylic oxidation sites excluding steroid dienone is 1. The fourth-order valence-electron chi connectivity index (χ4n) is 2.50. The van der Waals surface area contributed by atoms with Crippen LogP contribution in [-0.4, -0.2) is 36.4 Å². The lowest BCUT2D eigenvalue weighted by Gasteiger charge is -2.20. The second kappa shape index (κ2) is 11.0. The number of rotatable bonds is 12. The van der Waals surface area contributed by atoms with Crippen molar-refractivity contribution in [3.05, 3.63) is 41.2 Å². The zero-order chi connectivity index (χ0) is 21.4. The van der Waals surface area contributed by atoms with E-state index in [1.54, 1.807) is 13.0 Å². The highest BCUT2D eigenvalue weighted by atomic mass is 31.2. The Labute approximate surface area is 171 Å². The van der Waals surface area contributed by atoms with Gasteiger partial charge in [-0.25, -0.2) is 9.48 Å². The highest BCUT2D eigenvalue weighted by molar-refractivity contribution is 7.56. The summed E-state index contributed by atoms with van der Waals surface area (Å²) in [6, 6.07) is 3.55. The molecule has 0 spiro atoms. The van der Waals surface area contributed by atoms with Gasteiger partial charge in [-0.05, 0) is 56.7 Å². The summed E-state index contributed by atoms with van der Waals surface area (Å²) < 4.78 is 33.1. The number of anilines is 1. The van der Waals surface area contributed by atoms with E-state index in [1.165, 1.54) is 19.1 Å². The van der Waals surface area contributed by atoms with Crippen LogP contribution in [0, 0.1) is 11.7 Å². The van der Waals surface area contributed by atoms with Gasteiger partial charge < -0.3 is 20.7 Å². The molecule has 1 aromatic rings. The molecule has 29 heavy (non-hydrogen) atoms. The molecule has 0 saturated heterocycles. The molecule has 0 aliphatic heterocycles. The number of nitrogens with one attached hydrogen (secondary N) is 2. The van der Waals surface area contributed by atoms with Crippen LogP contribution in [0.5, 0.6) is 0 Å². The third kappa shape index (κ3) is 8.36. The summed E-state index contributed by atoms with van der Waals surface area (Å²) in [5.74, 6) is -0.554. The molecule has 1 aromatic carbocycles. The van der Waals surface area contributed by atoms with Gasteiger partial charge in [-0.15, -0.1) is 0 Å². The second-order valence-corrected chi connectivity index (χ2v) is 9.93. The van der Waals surface area contributed by atoms with E-state index in [-0.39, 0.29) is 18.9 Å². The second-order valence-electron chi connectivity index (χ2n) is 7.57. The quantitative estimate of drug-likeness (QED) is 0.301. The molecule has 1 amide bonds. The maximum atomic E-state index is 14.3. The number of benzene rings is 1. The molecule has 5 N–H and O–H groups in total. The lowest BCUT2D eigenvalue weighted by Crippen LogP contribution is -2.32. The maximum Gasteiger partial charge on any atom is 0.270 e. The predicted octanol–water partition coefficient (Wildman–Crippen LogP) is 3.15. The summed E-state index contributed by atoms with van der Waals surface area (Å²) in [4.78, 5) is 11.6. The summed E-state index contributed by atoms with van der Waals surface area (Å²) in [7, 11) is -3.11. The van der Waals surface area contributed by atoms with Crippen molar-refractivity contribution in [2.45, 2.75) is 45.8 Å². The number of hydrogen-bond acceptors (Lipinski definition) is 5. The molecule has 0 aromatic heterocycles. The van der Waals surface area contributed by atoms with Gasteiger partial charge in [-0.3, -0.25) is 9.36 Å². The molecule has 162 valence electrons. The Kier molecular flexibility index (Phi) is 8.99. The van der Waals surface area contributed by atoms with E-state index in [9.17, 15) is 13.8 Å². The van der Waals surface area contributed by atoms with E-state index in [4.69, 9.17) is 15.4 Å². The molecule has 1 saturated carbocycles. The van der Waals surface area contributed by atoms with E-state index in [0.717, 1.165) is 18.4 Å². The van der Waals surface area contributed by atoms with E-state index >= 15 is 0 Å². The fourth-order valence-corrected chi connectivity index (χ4v) is 4.24. The molecule has 1 fully saturated rings. The van der Waals surface area contributed by atoms with Gasteiger partial charge in [0.2, 0.25) is 5.91 Å². The van der Waals surface area contributed by atoms with Crippen LogP contribution in [0.2, 0.25) is 0 Å². The van der Waals surface area contributed by atoms with Crippen molar-refractivity contribution < 1.29 is 23.4 Å². The molecule has 1 aliphatic rings. The van der Waals surface area contributed by atoms with Crippen LogP contribution in [0.3, 0.4) is 0 Å². The van der Waals surface area contributed by atoms with Gasteiger partial charge >= 0.3 is 0 Å². The van der Waals surface area contributed by atoms with E-state index < -0.39 is 25.3 Å². The van der Waals surface area contributed by atoms with Crippen molar-refractivity contribution in [2.75, 3.05) is 24.6 Å². The van der Waals surface area contributed by atoms with Crippen molar-refractivity contribution in [1.29, 1.82) is 0 Å². The van der Waals surface area contributed by atoms with Crippen molar-refractivity contribution in [1.82, 2.24) is 5.09 Å². The molecule has 1 aliphatic carbocycles. The Morgan fingerprint density at radius 1 is 1.48 bits per heavy atom. The van der Waals surface area contributed by atoms with Gasteiger partial charge in [0.1, 0.15) is 5.82 Å². The predicted molar refractivity (Wildman–Crippen MR) is 112 cm³/mol. The number of amides is 1. The number of carbonyl (C=O) groups excluding carboxylic acids is 1. The van der Waals surface area contributed by atoms with Crippen LogP contribution in [0.15, 0.2) is 29.8 Å². The zero-order valence-electron chi connectivity index (χ0n) is 17.0. The minimum Gasteiger partial charge on any atom is -0.392 e. The van der Waals surface area contributed by atoms with Gasteiger partial charge in [0, 0.05) is 12.7 Å². The first-order valence-electron chi connectivity index (χ1n) is 9.82. The maximum absolute atomic E-state index is 14.3. The van der Waals surface area contributed by atoms with Gasteiger partial charge in [0.15, 0.2) is 0 Å². The molecule has 0 radical (unpaired) electrons. The van der Waals surface area contributed by atoms with Crippen molar-refractivity contribution in [3.8, 4) is 0 Å². The first-order chi connectivity index (χ1) is 13.7. The van der Waals surface area contributed by atoms with Crippen LogP contribution in [0.1, 0.15) is 38.7 Å². The first kappa shape index (κ1) is 23.7. The Bertz CT molecular complexity index is 781. The SMILES string of the molecule is C/C(=C\CCP(=O)(NCC1CC1)OCc1ccc(NC(=O)[C@H](C)N)c(F)c1)CO. The minimum atomic E-state index is -3.11. The summed E-state index contributed by atoms with van der Waals surface area (Å²) in [5, 5.41) is 14.6. The Morgan fingerprint density at radius 2 is 2.21 bits per heavy atom. The normalized spacial score (nSPS) is 17.6. The van der Waals surface area contributed by atoms with Gasteiger partial charge in [-0.1, -0.05) is 17.7 Å². The van der Waals surface area contributed by atoms with Crippen molar-refractivity contribution in [3.63, 3.8) is 0 Å². The van der Waals surface area contributed by atoms with E-state index in [1.807, 2.05) is 6.08 Å². The number of nitrogens with two attached hydrogens (primary N) is 1. The third-order valence-corrected chi connectivity index (χ3v) is 6.69. The van der Waals surface area contributed by atoms with E-state index in [0.29, 0.717) is 30.6 Å². The smallest absolute Gasteiger partial charge is 0.270 e. The Hall–Kier alpha value is -1.57. The lowest BCUT2D eigenvalue weighted by molar-refractivity contribution is -0.117. The summed E-state index contributed by atoms with van der Waals surface area (Å²) in [5.41, 5.74) is 6.83. The van der Waals surface area contributed by atoms with Gasteiger partial charge in [-0.2, -0.15) is 0 Å². The lowest BCUT2D eigenvalue weighted by atomic mass is 10.2. The van der Waals surface area contributed by atoms with Gasteiger partial charge in [0.25, 0.3) is 7.52 Å². The molecular formula is C20H31FN3O4P. The number of aliphatic hydroxyl groups is 1. The molecule has 9 heteroatoms. The van der Waals surface area contributed by atoms with Crippen LogP contribution >= 0.6 is 7.52 Å². The molecule has 1 unspecified atom stereocenters. The summed E-state index contributed by atoms with van der Waals surface area (Å²) in [6.07, 6.45) is 4.89. The van der Waals surface area contributed by atoms with E-state index in [2.05, 4.69) is 10.4 Å². The monoisotopic (exact) mass is 427 g/mol. The zero-order valence-corrected chi connectivity index (χ0v) is 17.9. The van der Waals surface area contributed by atoms with Crippen molar-refractivity contribution >= 4 is 19.1 Å². The average Bonchev–Trinajstić information content (AvgIpc) is 3.51. The summed E-state index contributed by atoms with van der Waals surface area (Å²) >= 11 is 0. The molecule has 2 atom stereocenters. The number of hydrogen-bond donors (Lipinski definition) is 4. The standard InChI is InChI=1S/C20H31FN3O4P/c1-14(12-25)4-3-9-29(27,23-11-16-5-6-16)28-13-17-7-8-19(18(21)10-17)24-20(26)15(2)22/h4,7-8,10,15-16,25H,3,5-6,9,11-13,22H2,1-2H3,(H,23,27)(H,24,26)/b14-4+/t15-,29?/m0/s1. The molecular weight excluding hydrogens is 396 g/mol. The van der Waals surface area contributed by atoms with Crippen LogP contribution in [0.25, 0.3) is 0 Å². The average molecular weight is 427 g/mol. The van der Waals surface area contributed by atoms with Crippen LogP contribution in [-0.2, 0) is 20.5 Å². The first-order valence-corrected chi connectivity index (χ1v) is 11.6. The van der Waals surface area contributed by atoms with Gasteiger partial charge in [0.05, 0.1) is 24.9 Å². The minimum absolute atomic E-state index is 0.0178.